The first-order chi connectivity index (χ1) is 12.2. The molecule has 1 unspecified atom stereocenters. The van der Waals surface area contributed by atoms with Gasteiger partial charge < -0.3 is 10.6 Å². The van der Waals surface area contributed by atoms with Crippen LogP contribution in [0, 0.1) is 12.8 Å². The lowest BCUT2D eigenvalue weighted by atomic mass is 10.1. The molecule has 2 N–H and O–H groups in total. The van der Waals surface area contributed by atoms with Crippen molar-refractivity contribution < 1.29 is 0 Å². The minimum absolute atomic E-state index is 0. The monoisotopic (exact) mass is 409 g/mol. The number of nitrogens with one attached hydrogen (secondary N) is 2. The zero-order valence-corrected chi connectivity index (χ0v) is 17.6. The van der Waals surface area contributed by atoms with Crippen molar-refractivity contribution in [2.45, 2.75) is 52.0 Å². The molecular weight excluding hydrogens is 381 g/mol. The van der Waals surface area contributed by atoms with Gasteiger partial charge in [-0.3, -0.25) is 4.98 Å². The van der Waals surface area contributed by atoms with E-state index in [0.717, 1.165) is 55.6 Å². The number of aryl methyl sites for hydroxylation is 1. The lowest BCUT2D eigenvalue weighted by molar-refractivity contribution is 0.706. The van der Waals surface area contributed by atoms with Gasteiger partial charge in [0.2, 0.25) is 0 Å². The summed E-state index contributed by atoms with van der Waals surface area (Å²) in [7, 11) is 0. The van der Waals surface area contributed by atoms with Crippen molar-refractivity contribution in [3.8, 4) is 0 Å². The molecule has 3 heterocycles. The number of anilines is 1. The van der Waals surface area contributed by atoms with Gasteiger partial charge in [0.1, 0.15) is 11.6 Å². The molecule has 2 aromatic heterocycles. The largest absolute Gasteiger partial charge is 0.362 e. The molecule has 1 aliphatic carbocycles. The number of aromatic nitrogens is 3. The summed E-state index contributed by atoms with van der Waals surface area (Å²) in [5.74, 6) is 2.82. The average molecular weight is 410 g/mol. The Kier molecular flexibility index (Phi) is 7.83. The van der Waals surface area contributed by atoms with Crippen LogP contribution in [-0.2, 0) is 19.3 Å². The Morgan fingerprint density at radius 1 is 1.19 bits per heavy atom. The van der Waals surface area contributed by atoms with Crippen molar-refractivity contribution in [1.82, 2.24) is 20.3 Å². The standard InChI is InChI=1S/C20H27N5.2ClH/c1-13-4-3-9-22-19(13)14(2)23-20-16-7-10-21-11-8-17(16)24-18(25-20)12-15-5-6-15;;/h3-4,9,14-15,21H,5-8,10-12H2,1-2H3,(H,23,24,25);2*1H. The summed E-state index contributed by atoms with van der Waals surface area (Å²) in [6.07, 6.45) is 7.51. The second kappa shape index (κ2) is 9.67. The lowest BCUT2D eigenvalue weighted by Crippen LogP contribution is -2.17. The van der Waals surface area contributed by atoms with Crippen molar-refractivity contribution in [2.75, 3.05) is 18.4 Å². The molecule has 2 aliphatic rings. The highest BCUT2D eigenvalue weighted by molar-refractivity contribution is 5.85. The van der Waals surface area contributed by atoms with Gasteiger partial charge in [-0.25, -0.2) is 9.97 Å². The van der Waals surface area contributed by atoms with Gasteiger partial charge >= 0.3 is 0 Å². The van der Waals surface area contributed by atoms with Crippen LogP contribution < -0.4 is 10.6 Å². The zero-order chi connectivity index (χ0) is 17.2. The first-order valence-electron chi connectivity index (χ1n) is 9.48. The first kappa shape index (κ1) is 21.9. The van der Waals surface area contributed by atoms with E-state index >= 15 is 0 Å². The molecule has 2 aromatic rings. The summed E-state index contributed by atoms with van der Waals surface area (Å²) in [6.45, 7) is 6.27. The number of pyridine rings is 1. The summed E-state index contributed by atoms with van der Waals surface area (Å²) in [6, 6.07) is 4.23. The van der Waals surface area contributed by atoms with E-state index in [9.17, 15) is 0 Å². The van der Waals surface area contributed by atoms with Crippen molar-refractivity contribution in [3.05, 3.63) is 46.7 Å². The van der Waals surface area contributed by atoms with Crippen LogP contribution in [0.25, 0.3) is 0 Å². The van der Waals surface area contributed by atoms with Gasteiger partial charge in [0, 0.05) is 31.1 Å². The molecule has 0 radical (unpaired) electrons. The predicted octanol–water partition coefficient (Wildman–Crippen LogP) is 3.84. The Labute approximate surface area is 174 Å². The smallest absolute Gasteiger partial charge is 0.133 e. The number of hydrogen-bond donors (Lipinski definition) is 2. The van der Waals surface area contributed by atoms with E-state index in [-0.39, 0.29) is 30.9 Å². The molecule has 1 atom stereocenters. The maximum Gasteiger partial charge on any atom is 0.133 e. The Balaban J connectivity index is 0.00000131. The van der Waals surface area contributed by atoms with Crippen molar-refractivity contribution in [3.63, 3.8) is 0 Å². The molecule has 1 fully saturated rings. The molecule has 5 nitrogen and oxygen atoms in total. The van der Waals surface area contributed by atoms with E-state index in [1.54, 1.807) is 0 Å². The normalized spacial score (nSPS) is 17.0. The molecular formula is C20H29Cl2N5. The van der Waals surface area contributed by atoms with Crippen LogP contribution in [0.3, 0.4) is 0 Å². The number of nitrogens with zero attached hydrogens (tertiary/aromatic N) is 3. The highest BCUT2D eigenvalue weighted by Crippen LogP contribution is 2.33. The molecule has 0 spiro atoms. The Morgan fingerprint density at radius 3 is 2.70 bits per heavy atom. The van der Waals surface area contributed by atoms with Crippen LogP contribution in [0.1, 0.15) is 54.1 Å². The molecule has 27 heavy (non-hydrogen) atoms. The van der Waals surface area contributed by atoms with Crippen LogP contribution in [0.2, 0.25) is 0 Å². The van der Waals surface area contributed by atoms with Crippen LogP contribution in [0.15, 0.2) is 18.3 Å². The molecule has 4 rings (SSSR count). The third-order valence-electron chi connectivity index (χ3n) is 5.21. The number of halogens is 2. The molecule has 148 valence electrons. The number of hydrogen-bond acceptors (Lipinski definition) is 5. The fourth-order valence-corrected chi connectivity index (χ4v) is 3.61. The SMILES string of the molecule is Cc1cccnc1C(C)Nc1nc(CC2CC2)nc2c1CCNCC2.Cl.Cl. The molecule has 0 aromatic carbocycles. The van der Waals surface area contributed by atoms with Crippen LogP contribution in [0.5, 0.6) is 0 Å². The Morgan fingerprint density at radius 2 is 1.96 bits per heavy atom. The van der Waals surface area contributed by atoms with Crippen molar-refractivity contribution >= 4 is 30.6 Å². The third-order valence-corrected chi connectivity index (χ3v) is 5.21. The van der Waals surface area contributed by atoms with E-state index in [4.69, 9.17) is 9.97 Å². The molecule has 0 bridgehead atoms. The maximum absolute atomic E-state index is 4.93. The minimum Gasteiger partial charge on any atom is -0.362 e. The summed E-state index contributed by atoms with van der Waals surface area (Å²) < 4.78 is 0. The molecule has 7 heteroatoms. The molecule has 1 aliphatic heterocycles. The van der Waals surface area contributed by atoms with E-state index < -0.39 is 0 Å². The van der Waals surface area contributed by atoms with Gasteiger partial charge in [0.25, 0.3) is 0 Å². The second-order valence-electron chi connectivity index (χ2n) is 7.38. The predicted molar refractivity (Wildman–Crippen MR) is 114 cm³/mol. The second-order valence-corrected chi connectivity index (χ2v) is 7.38. The van der Waals surface area contributed by atoms with E-state index in [0.29, 0.717) is 0 Å². The van der Waals surface area contributed by atoms with Crippen LogP contribution >= 0.6 is 24.8 Å². The minimum atomic E-state index is 0. The average Bonchev–Trinajstić information content (AvgIpc) is 3.42. The molecule has 0 saturated heterocycles. The summed E-state index contributed by atoms with van der Waals surface area (Å²) in [5.41, 5.74) is 4.81. The topological polar surface area (TPSA) is 62.7 Å². The van der Waals surface area contributed by atoms with Gasteiger partial charge in [0.05, 0.1) is 17.4 Å². The van der Waals surface area contributed by atoms with Gasteiger partial charge in [-0.1, -0.05) is 6.07 Å². The number of fused-ring (bicyclic) bond motifs is 1. The van der Waals surface area contributed by atoms with Gasteiger partial charge in [0.15, 0.2) is 0 Å². The lowest BCUT2D eigenvalue weighted by Gasteiger charge is -2.20. The van der Waals surface area contributed by atoms with Crippen molar-refractivity contribution in [2.24, 2.45) is 5.92 Å². The highest BCUT2D eigenvalue weighted by Gasteiger charge is 2.25. The third kappa shape index (κ3) is 5.31. The van der Waals surface area contributed by atoms with E-state index in [1.807, 2.05) is 12.3 Å². The van der Waals surface area contributed by atoms with E-state index in [2.05, 4.69) is 35.5 Å². The summed E-state index contributed by atoms with van der Waals surface area (Å²) >= 11 is 0. The zero-order valence-electron chi connectivity index (χ0n) is 16.0. The van der Waals surface area contributed by atoms with Gasteiger partial charge in [-0.15, -0.1) is 24.8 Å². The molecule has 1 saturated carbocycles. The van der Waals surface area contributed by atoms with Gasteiger partial charge in [-0.2, -0.15) is 0 Å². The quantitative estimate of drug-likeness (QED) is 0.785. The summed E-state index contributed by atoms with van der Waals surface area (Å²) in [5, 5.41) is 7.13. The summed E-state index contributed by atoms with van der Waals surface area (Å²) in [4.78, 5) is 14.4. The maximum atomic E-state index is 4.93. The van der Waals surface area contributed by atoms with E-state index in [1.165, 1.54) is 29.7 Å². The van der Waals surface area contributed by atoms with Crippen LogP contribution in [-0.4, -0.2) is 28.0 Å². The van der Waals surface area contributed by atoms with Gasteiger partial charge in [-0.05, 0) is 57.2 Å². The first-order valence-corrected chi connectivity index (χ1v) is 9.48. The highest BCUT2D eigenvalue weighted by atomic mass is 35.5. The number of rotatable bonds is 5. The van der Waals surface area contributed by atoms with Crippen molar-refractivity contribution in [1.29, 1.82) is 0 Å². The van der Waals surface area contributed by atoms with Crippen LogP contribution in [0.4, 0.5) is 5.82 Å². The fraction of sp³-hybridized carbons (Fsp3) is 0.550. The Hall–Kier alpha value is -1.43. The Bertz CT molecular complexity index is 764. The molecule has 0 amide bonds. The fourth-order valence-electron chi connectivity index (χ4n) is 3.61.